The first-order valence-corrected chi connectivity index (χ1v) is 5.53. The van der Waals surface area contributed by atoms with Crippen molar-refractivity contribution in [1.82, 2.24) is 0 Å². The molecule has 0 saturated carbocycles. The summed E-state index contributed by atoms with van der Waals surface area (Å²) < 4.78 is 0. The third-order valence-electron chi connectivity index (χ3n) is 2.89. The fourth-order valence-corrected chi connectivity index (χ4v) is 2.05. The maximum atomic E-state index is 11.4. The minimum absolute atomic E-state index is 0.160. The molecule has 2 aromatic rings. The number of phenols is 2. The van der Waals surface area contributed by atoms with Crippen LogP contribution in [0.2, 0.25) is 0 Å². The summed E-state index contributed by atoms with van der Waals surface area (Å²) in [5.74, 6) is -1.93. The van der Waals surface area contributed by atoms with Crippen molar-refractivity contribution in [3.8, 4) is 11.5 Å². The summed E-state index contributed by atoms with van der Waals surface area (Å²) in [6.07, 6.45) is -0.468. The van der Waals surface area contributed by atoms with Gasteiger partial charge < -0.3 is 10.2 Å². The Morgan fingerprint density at radius 1 is 0.842 bits per heavy atom. The van der Waals surface area contributed by atoms with Crippen LogP contribution in [0.15, 0.2) is 34.3 Å². The Morgan fingerprint density at radius 2 is 1.26 bits per heavy atom. The van der Waals surface area contributed by atoms with Gasteiger partial charge in [0, 0.05) is 10.8 Å². The van der Waals surface area contributed by atoms with Gasteiger partial charge in [-0.15, -0.1) is 0 Å². The van der Waals surface area contributed by atoms with Crippen LogP contribution in [0.25, 0.3) is 10.8 Å². The zero-order chi connectivity index (χ0) is 13.6. The van der Waals surface area contributed by atoms with Gasteiger partial charge >= 0.3 is 0 Å². The molecule has 1 aliphatic rings. The number of carbonyl (C=O) groups is 2. The number of carbonyl (C=O) groups excluding carboxylic acids is 2. The molecule has 94 valence electrons. The van der Waals surface area contributed by atoms with E-state index in [9.17, 15) is 19.8 Å². The average molecular weight is 256 g/mol. The number of aromatic hydroxyl groups is 2. The lowest BCUT2D eigenvalue weighted by Gasteiger charge is -2.04. The van der Waals surface area contributed by atoms with E-state index < -0.39 is 18.2 Å². The van der Waals surface area contributed by atoms with E-state index in [0.717, 1.165) is 0 Å². The van der Waals surface area contributed by atoms with Crippen LogP contribution in [0.1, 0.15) is 6.42 Å². The van der Waals surface area contributed by atoms with Crippen molar-refractivity contribution in [1.29, 1.82) is 0 Å². The van der Waals surface area contributed by atoms with Crippen LogP contribution < -0.4 is 10.7 Å². The molecule has 1 heterocycles. The molecule has 1 aliphatic heterocycles. The fraction of sp³-hybridized carbons (Fsp3) is 0.0769. The molecule has 3 rings (SSSR count). The lowest BCUT2D eigenvalue weighted by Crippen LogP contribution is -2.26. The molecule has 0 aromatic heterocycles. The Balaban J connectivity index is 2.64. The van der Waals surface area contributed by atoms with Gasteiger partial charge in [-0.05, 0) is 0 Å². The van der Waals surface area contributed by atoms with Crippen LogP contribution in [-0.2, 0) is 9.59 Å². The van der Waals surface area contributed by atoms with Gasteiger partial charge in [0.1, 0.15) is 17.1 Å². The first-order valence-electron chi connectivity index (χ1n) is 5.53. The normalized spacial score (nSPS) is 14.5. The van der Waals surface area contributed by atoms with Crippen LogP contribution in [0.3, 0.4) is 0 Å². The predicted molar refractivity (Wildman–Crippen MR) is 64.2 cm³/mol. The number of nitrogens with zero attached hydrogens (tertiary/aromatic N) is 2. The van der Waals surface area contributed by atoms with Crippen molar-refractivity contribution in [3.05, 3.63) is 35.0 Å². The summed E-state index contributed by atoms with van der Waals surface area (Å²) in [6.45, 7) is 0. The molecule has 0 saturated heterocycles. The number of hydrogen-bond donors (Lipinski definition) is 2. The summed E-state index contributed by atoms with van der Waals surface area (Å²) >= 11 is 0. The monoisotopic (exact) mass is 256 g/mol. The summed E-state index contributed by atoms with van der Waals surface area (Å²) in [7, 11) is 0. The summed E-state index contributed by atoms with van der Waals surface area (Å²) in [5.41, 5.74) is 0. The van der Waals surface area contributed by atoms with E-state index in [1.807, 2.05) is 0 Å². The van der Waals surface area contributed by atoms with E-state index in [1.165, 1.54) is 0 Å². The minimum Gasteiger partial charge on any atom is -0.505 e. The maximum absolute atomic E-state index is 11.4. The molecule has 0 bridgehead atoms. The van der Waals surface area contributed by atoms with Crippen molar-refractivity contribution in [2.75, 3.05) is 0 Å². The van der Waals surface area contributed by atoms with Crippen LogP contribution in [0.4, 0.5) is 0 Å². The first kappa shape index (κ1) is 11.3. The molecule has 6 nitrogen and oxygen atoms in total. The lowest BCUT2D eigenvalue weighted by molar-refractivity contribution is -0.125. The SMILES string of the molecule is O=C1CC(=O)N=c2c(O)c3ccccc3c(O)c2=N1. The van der Waals surface area contributed by atoms with Crippen molar-refractivity contribution < 1.29 is 19.8 Å². The van der Waals surface area contributed by atoms with Crippen molar-refractivity contribution in [2.24, 2.45) is 9.98 Å². The molecule has 0 atom stereocenters. The summed E-state index contributed by atoms with van der Waals surface area (Å²) in [5, 5.41) is 20.6. The molecule has 2 aromatic carbocycles. The van der Waals surface area contributed by atoms with E-state index in [1.54, 1.807) is 24.3 Å². The molecule has 0 spiro atoms. The van der Waals surface area contributed by atoms with Crippen LogP contribution in [0.5, 0.6) is 11.5 Å². The van der Waals surface area contributed by atoms with E-state index in [0.29, 0.717) is 10.8 Å². The van der Waals surface area contributed by atoms with Gasteiger partial charge in [-0.1, -0.05) is 24.3 Å². The minimum atomic E-state index is -0.697. The Bertz CT molecular complexity index is 785. The van der Waals surface area contributed by atoms with Gasteiger partial charge in [-0.3, -0.25) is 9.59 Å². The number of rotatable bonds is 0. The Hall–Kier alpha value is -2.76. The number of hydrogen-bond acceptors (Lipinski definition) is 4. The second-order valence-electron chi connectivity index (χ2n) is 4.13. The second-order valence-corrected chi connectivity index (χ2v) is 4.13. The average Bonchev–Trinajstić information content (AvgIpc) is 2.54. The number of benzene rings is 2. The molecule has 2 amide bonds. The molecule has 6 heteroatoms. The molecule has 0 aliphatic carbocycles. The van der Waals surface area contributed by atoms with E-state index >= 15 is 0 Å². The summed E-state index contributed by atoms with van der Waals surface area (Å²) in [4.78, 5) is 30.1. The van der Waals surface area contributed by atoms with Crippen LogP contribution in [-0.4, -0.2) is 22.0 Å². The van der Waals surface area contributed by atoms with Crippen LogP contribution in [0, 0.1) is 0 Å². The molecule has 0 fully saturated rings. The highest BCUT2D eigenvalue weighted by Crippen LogP contribution is 2.25. The fourth-order valence-electron chi connectivity index (χ4n) is 2.05. The standard InChI is InChI=1S/C13H8N2O4/c16-8-5-9(17)15-11-10(14-8)12(18)6-3-1-2-4-7(6)13(11)19/h1-4,18-19H,5H2. The van der Waals surface area contributed by atoms with Crippen LogP contribution >= 0.6 is 0 Å². The highest BCUT2D eigenvalue weighted by molar-refractivity contribution is 6.00. The molecule has 2 N–H and O–H groups in total. The van der Waals surface area contributed by atoms with E-state index in [4.69, 9.17) is 0 Å². The molecule has 19 heavy (non-hydrogen) atoms. The second kappa shape index (κ2) is 3.88. The quantitative estimate of drug-likeness (QED) is 0.509. The highest BCUT2D eigenvalue weighted by atomic mass is 16.3. The topological polar surface area (TPSA) is 99.3 Å². The maximum Gasteiger partial charge on any atom is 0.255 e. The number of amides is 2. The Kier molecular flexibility index (Phi) is 2.31. The van der Waals surface area contributed by atoms with Crippen molar-refractivity contribution in [2.45, 2.75) is 6.42 Å². The predicted octanol–water partition coefficient (Wildman–Crippen LogP) is -0.0529. The van der Waals surface area contributed by atoms with Gasteiger partial charge in [0.25, 0.3) is 11.8 Å². The third kappa shape index (κ3) is 1.65. The smallest absolute Gasteiger partial charge is 0.255 e. The first-order chi connectivity index (χ1) is 9.08. The third-order valence-corrected chi connectivity index (χ3v) is 2.89. The van der Waals surface area contributed by atoms with Gasteiger partial charge in [0.2, 0.25) is 0 Å². The molecular weight excluding hydrogens is 248 g/mol. The number of fused-ring (bicyclic) bond motifs is 2. The molecule has 0 radical (unpaired) electrons. The molecular formula is C13H8N2O4. The van der Waals surface area contributed by atoms with Gasteiger partial charge in [0.05, 0.1) is 0 Å². The van der Waals surface area contributed by atoms with Crippen molar-refractivity contribution >= 4 is 22.6 Å². The largest absolute Gasteiger partial charge is 0.505 e. The number of phenolic OH excluding ortho intramolecular Hbond substituents is 2. The van der Waals surface area contributed by atoms with Crippen molar-refractivity contribution in [3.63, 3.8) is 0 Å². The Labute approximate surface area is 106 Å². The van der Waals surface area contributed by atoms with E-state index in [2.05, 4.69) is 9.98 Å². The molecule has 0 unspecified atom stereocenters. The highest BCUT2D eigenvalue weighted by Gasteiger charge is 2.18. The Morgan fingerprint density at radius 3 is 1.68 bits per heavy atom. The lowest BCUT2D eigenvalue weighted by atomic mass is 10.1. The van der Waals surface area contributed by atoms with E-state index in [-0.39, 0.29) is 22.2 Å². The zero-order valence-corrected chi connectivity index (χ0v) is 9.62. The van der Waals surface area contributed by atoms with Gasteiger partial charge in [-0.2, -0.15) is 0 Å². The van der Waals surface area contributed by atoms with Gasteiger partial charge in [-0.25, -0.2) is 9.98 Å². The summed E-state index contributed by atoms with van der Waals surface area (Å²) in [6, 6.07) is 6.51. The zero-order valence-electron chi connectivity index (χ0n) is 9.62. The van der Waals surface area contributed by atoms with Gasteiger partial charge in [0.15, 0.2) is 11.5 Å².